The minimum atomic E-state index is -1.06. The number of alkyl carbamates (subject to hydrolysis) is 1. The molecule has 39 heavy (non-hydrogen) atoms. The van der Waals surface area contributed by atoms with E-state index < -0.39 is 29.2 Å². The molecular weight excluding hydrogens is 516 g/mol. The Morgan fingerprint density at radius 2 is 1.92 bits per heavy atom. The van der Waals surface area contributed by atoms with Crippen molar-refractivity contribution in [3.05, 3.63) is 41.7 Å². The van der Waals surface area contributed by atoms with Gasteiger partial charge in [0.2, 0.25) is 5.91 Å². The third-order valence-corrected chi connectivity index (χ3v) is 7.13. The van der Waals surface area contributed by atoms with E-state index in [2.05, 4.69) is 22.5 Å². The van der Waals surface area contributed by atoms with Gasteiger partial charge in [0.05, 0.1) is 17.9 Å². The Bertz CT molecular complexity index is 1070. The number of esters is 1. The van der Waals surface area contributed by atoms with Crippen molar-refractivity contribution in [2.45, 2.75) is 104 Å². The third kappa shape index (κ3) is 10.3. The summed E-state index contributed by atoms with van der Waals surface area (Å²) in [5.41, 5.74) is -0.399. The van der Waals surface area contributed by atoms with Gasteiger partial charge in [0.15, 0.2) is 0 Å². The fourth-order valence-corrected chi connectivity index (χ4v) is 4.75. The van der Waals surface area contributed by atoms with Crippen LogP contribution in [0.5, 0.6) is 0 Å². The highest BCUT2D eigenvalue weighted by molar-refractivity contribution is 8.14. The van der Waals surface area contributed by atoms with Gasteiger partial charge in [-0.1, -0.05) is 46.3 Å². The highest BCUT2D eigenvalue weighted by Gasteiger charge is 2.41. The first-order valence-electron chi connectivity index (χ1n) is 13.6. The van der Waals surface area contributed by atoms with Crippen LogP contribution in [0.25, 0.3) is 0 Å². The Hall–Kier alpha value is -2.88. The van der Waals surface area contributed by atoms with Crippen molar-refractivity contribution in [2.75, 3.05) is 5.75 Å². The number of unbranched alkanes of at least 4 members (excludes halogenated alkanes) is 1. The number of hydrogen-bond acceptors (Lipinski definition) is 8. The van der Waals surface area contributed by atoms with E-state index in [9.17, 15) is 14.4 Å². The first-order chi connectivity index (χ1) is 18.3. The quantitative estimate of drug-likeness (QED) is 0.267. The molecule has 0 aliphatic carbocycles. The van der Waals surface area contributed by atoms with Crippen molar-refractivity contribution in [3.8, 4) is 0 Å². The first-order valence-corrected chi connectivity index (χ1v) is 14.6. The summed E-state index contributed by atoms with van der Waals surface area (Å²) in [6.45, 7) is 15.2. The highest BCUT2D eigenvalue weighted by Crippen LogP contribution is 2.31. The van der Waals surface area contributed by atoms with E-state index in [0.29, 0.717) is 28.6 Å². The number of carbonyl (C=O) groups is 3. The first kappa shape index (κ1) is 32.3. The summed E-state index contributed by atoms with van der Waals surface area (Å²) in [5.74, 6) is -0.530. The molecule has 0 bridgehead atoms. The van der Waals surface area contributed by atoms with Crippen LogP contribution in [0, 0.1) is 5.92 Å². The number of amides is 2. The Morgan fingerprint density at radius 1 is 1.21 bits per heavy atom. The molecule has 1 aliphatic rings. The maximum absolute atomic E-state index is 13.4. The smallest absolute Gasteiger partial charge is 0.407 e. The Balaban J connectivity index is 2.09. The van der Waals surface area contributed by atoms with Crippen molar-refractivity contribution >= 4 is 34.8 Å². The number of aromatic nitrogens is 1. The molecule has 216 valence electrons. The molecule has 2 unspecified atom stereocenters. The van der Waals surface area contributed by atoms with Crippen LogP contribution in [0.15, 0.2) is 35.3 Å². The van der Waals surface area contributed by atoms with E-state index in [1.807, 2.05) is 45.1 Å². The van der Waals surface area contributed by atoms with E-state index in [4.69, 9.17) is 14.5 Å². The summed E-state index contributed by atoms with van der Waals surface area (Å²) in [7, 11) is 0. The molecule has 2 N–H and O–H groups in total. The summed E-state index contributed by atoms with van der Waals surface area (Å²) < 4.78 is 11.0. The van der Waals surface area contributed by atoms with Gasteiger partial charge in [-0.15, -0.1) is 11.8 Å². The number of rotatable bonds is 12. The molecule has 1 aliphatic heterocycles. The molecule has 2 amide bonds. The predicted octanol–water partition coefficient (Wildman–Crippen LogP) is 5.18. The second-order valence-corrected chi connectivity index (χ2v) is 12.1. The molecule has 2 rings (SSSR count). The number of pyridine rings is 1. The van der Waals surface area contributed by atoms with Crippen LogP contribution in [0.4, 0.5) is 4.79 Å². The molecular formula is C29H44N4O5S. The zero-order valence-corrected chi connectivity index (χ0v) is 25.3. The van der Waals surface area contributed by atoms with Crippen molar-refractivity contribution in [1.29, 1.82) is 0 Å². The number of allylic oxidation sites excluding steroid dienone is 1. The molecule has 0 aromatic carbocycles. The maximum Gasteiger partial charge on any atom is 0.407 e. The molecule has 0 spiro atoms. The number of thioether (sulfide) groups is 1. The van der Waals surface area contributed by atoms with Gasteiger partial charge in [-0.05, 0) is 64.7 Å². The average molecular weight is 561 g/mol. The van der Waals surface area contributed by atoms with Crippen molar-refractivity contribution in [3.63, 3.8) is 0 Å². The fourth-order valence-electron chi connectivity index (χ4n) is 3.61. The normalized spacial score (nSPS) is 18.9. The largest absolute Gasteiger partial charge is 0.457 e. The fraction of sp³-hybridized carbons (Fsp3) is 0.621. The molecule has 2 heterocycles. The molecule has 1 aromatic heterocycles. The summed E-state index contributed by atoms with van der Waals surface area (Å²) >= 11 is 1.43. The number of hydrogen-bond donors (Lipinski definition) is 2. The van der Waals surface area contributed by atoms with E-state index >= 15 is 0 Å². The lowest BCUT2D eigenvalue weighted by Crippen LogP contribution is -2.53. The molecule has 0 radical (unpaired) electrons. The highest BCUT2D eigenvalue weighted by atomic mass is 32.2. The van der Waals surface area contributed by atoms with Gasteiger partial charge in [-0.2, -0.15) is 0 Å². The summed E-state index contributed by atoms with van der Waals surface area (Å²) in [6.07, 6.45) is 5.69. The molecule has 1 aromatic rings. The monoisotopic (exact) mass is 560 g/mol. The molecule has 3 atom stereocenters. The number of aliphatic imine (C=N–C) groups is 1. The number of nitrogens with one attached hydrogen (secondary N) is 2. The van der Waals surface area contributed by atoms with Crippen LogP contribution in [0.3, 0.4) is 0 Å². The standard InChI is InChI=1S/C29H44N4O5S/c1-9-11-12-15-21(10-2)37-25(34)23(19(3)4)32-26(35)29(8)18-39-24(33-29)22-16-13-14-20(31-22)17-30-27(36)38-28(5,6)7/h12-16,19,21,23H,9-11,17-18H2,1-8H3,(H,30,36)(H,32,35)/b15-12+/t21?,23?,29-/m0/s1. The molecule has 0 fully saturated rings. The summed E-state index contributed by atoms with van der Waals surface area (Å²) in [5, 5.41) is 6.22. The van der Waals surface area contributed by atoms with Gasteiger partial charge < -0.3 is 20.1 Å². The molecule has 0 saturated heterocycles. The van der Waals surface area contributed by atoms with Gasteiger partial charge in [-0.25, -0.2) is 14.6 Å². The van der Waals surface area contributed by atoms with Crippen molar-refractivity contribution in [2.24, 2.45) is 10.9 Å². The Labute approximate surface area is 237 Å². The number of nitrogens with zero attached hydrogens (tertiary/aromatic N) is 2. The summed E-state index contributed by atoms with van der Waals surface area (Å²) in [6, 6.07) is 4.66. The van der Waals surface area contributed by atoms with Crippen molar-refractivity contribution in [1.82, 2.24) is 15.6 Å². The van der Waals surface area contributed by atoms with E-state index in [1.165, 1.54) is 11.8 Å². The van der Waals surface area contributed by atoms with Crippen LogP contribution >= 0.6 is 11.8 Å². The molecule has 0 saturated carbocycles. The second-order valence-electron chi connectivity index (χ2n) is 11.1. The number of ether oxygens (including phenoxy) is 2. The van der Waals surface area contributed by atoms with Crippen LogP contribution in [-0.4, -0.2) is 57.0 Å². The third-order valence-electron chi connectivity index (χ3n) is 5.85. The van der Waals surface area contributed by atoms with E-state index in [1.54, 1.807) is 33.8 Å². The van der Waals surface area contributed by atoms with E-state index in [0.717, 1.165) is 12.8 Å². The minimum Gasteiger partial charge on any atom is -0.457 e. The van der Waals surface area contributed by atoms with Crippen LogP contribution in [-0.2, 0) is 25.6 Å². The van der Waals surface area contributed by atoms with Crippen LogP contribution < -0.4 is 10.6 Å². The topological polar surface area (TPSA) is 119 Å². The predicted molar refractivity (Wildman–Crippen MR) is 156 cm³/mol. The van der Waals surface area contributed by atoms with Crippen molar-refractivity contribution < 1.29 is 23.9 Å². The minimum absolute atomic E-state index is 0.157. The van der Waals surface area contributed by atoms with Gasteiger partial charge in [0.1, 0.15) is 28.3 Å². The van der Waals surface area contributed by atoms with Gasteiger partial charge in [0, 0.05) is 5.75 Å². The zero-order chi connectivity index (χ0) is 29.2. The SMILES string of the molecule is CCC/C=C/C(CC)OC(=O)C(NC(=O)[C@]1(C)CSC(c2cccc(CNC(=O)OC(C)(C)C)n2)=N1)C(C)C. The van der Waals surface area contributed by atoms with Gasteiger partial charge >= 0.3 is 12.1 Å². The van der Waals surface area contributed by atoms with Gasteiger partial charge in [0.25, 0.3) is 0 Å². The lowest BCUT2D eigenvalue weighted by molar-refractivity contribution is -0.152. The molecule has 9 nitrogen and oxygen atoms in total. The van der Waals surface area contributed by atoms with Crippen LogP contribution in [0.2, 0.25) is 0 Å². The van der Waals surface area contributed by atoms with Gasteiger partial charge in [-0.3, -0.25) is 9.79 Å². The average Bonchev–Trinajstić information content (AvgIpc) is 3.27. The number of carbonyl (C=O) groups excluding carboxylic acids is 3. The van der Waals surface area contributed by atoms with Crippen LogP contribution in [0.1, 0.15) is 86.0 Å². The lowest BCUT2D eigenvalue weighted by atomic mass is 10.0. The lowest BCUT2D eigenvalue weighted by Gasteiger charge is -2.27. The van der Waals surface area contributed by atoms with E-state index in [-0.39, 0.29) is 24.5 Å². The Morgan fingerprint density at radius 3 is 2.54 bits per heavy atom. The molecule has 10 heteroatoms. The maximum atomic E-state index is 13.4. The summed E-state index contributed by atoms with van der Waals surface area (Å²) in [4.78, 5) is 47.6. The second kappa shape index (κ2) is 14.5. The Kier molecular flexibility index (Phi) is 12.0. The zero-order valence-electron chi connectivity index (χ0n) is 24.5.